The van der Waals surface area contributed by atoms with Gasteiger partial charge in [-0.3, -0.25) is 9.12 Å². The van der Waals surface area contributed by atoms with Crippen LogP contribution < -0.4 is 4.72 Å². The molecule has 0 unspecified atom stereocenters. The number of halogens is 2. The van der Waals surface area contributed by atoms with Crippen molar-refractivity contribution in [1.29, 1.82) is 0 Å². The minimum absolute atomic E-state index is 0.240. The first-order chi connectivity index (χ1) is 13.8. The molecule has 0 spiro atoms. The molecule has 0 aliphatic heterocycles. The Morgan fingerprint density at radius 1 is 1.10 bits per heavy atom. The normalized spacial score (nSPS) is 11.7. The number of aromatic nitrogens is 3. The van der Waals surface area contributed by atoms with Gasteiger partial charge in [0.05, 0.1) is 11.4 Å². The largest absolute Gasteiger partial charge is 0.288 e. The fourth-order valence-electron chi connectivity index (χ4n) is 3.08. The molecule has 0 atom stereocenters. The number of fused-ring (bicyclic) bond motifs is 1. The molecule has 4 rings (SSSR count). The van der Waals surface area contributed by atoms with E-state index < -0.39 is 27.4 Å². The summed E-state index contributed by atoms with van der Waals surface area (Å²) in [7, 11) is -3.96. The number of imidazole rings is 1. The summed E-state index contributed by atoms with van der Waals surface area (Å²) >= 11 is 0. The van der Waals surface area contributed by atoms with Gasteiger partial charge in [-0.15, -0.1) is 0 Å². The minimum Gasteiger partial charge on any atom is -0.288 e. The number of nitrogens with zero attached hydrogens (tertiary/aromatic N) is 3. The molecule has 0 saturated heterocycles. The maximum Gasteiger partial charge on any atom is 0.237 e. The molecule has 0 aliphatic carbocycles. The molecule has 29 heavy (non-hydrogen) atoms. The molecular weight excluding hydrogens is 398 g/mol. The van der Waals surface area contributed by atoms with Gasteiger partial charge in [-0.25, -0.2) is 27.2 Å². The van der Waals surface area contributed by atoms with Gasteiger partial charge in [-0.05, 0) is 43.3 Å². The van der Waals surface area contributed by atoms with Crippen molar-refractivity contribution >= 4 is 21.5 Å². The molecular formula is C20H16F2N4O2S. The number of hydrogen-bond acceptors (Lipinski definition) is 4. The van der Waals surface area contributed by atoms with Gasteiger partial charge in [-0.1, -0.05) is 12.1 Å². The molecule has 4 aromatic rings. The van der Waals surface area contributed by atoms with Gasteiger partial charge in [0.15, 0.2) is 0 Å². The number of benzene rings is 2. The number of anilines is 1. The lowest BCUT2D eigenvalue weighted by molar-refractivity contribution is 0.581. The number of hydrogen-bond donors (Lipinski definition) is 1. The second-order valence-electron chi connectivity index (χ2n) is 6.51. The summed E-state index contributed by atoms with van der Waals surface area (Å²) in [5, 5.41) is 0. The van der Waals surface area contributed by atoms with Crippen molar-refractivity contribution in [3.63, 3.8) is 0 Å². The van der Waals surface area contributed by atoms with E-state index in [2.05, 4.69) is 14.7 Å². The summed E-state index contributed by atoms with van der Waals surface area (Å²) in [6.45, 7) is 1.89. The lowest BCUT2D eigenvalue weighted by atomic mass is 10.1. The van der Waals surface area contributed by atoms with E-state index >= 15 is 0 Å². The Labute approximate surface area is 165 Å². The summed E-state index contributed by atoms with van der Waals surface area (Å²) < 4.78 is 56.3. The highest BCUT2D eigenvalue weighted by Crippen LogP contribution is 2.26. The third kappa shape index (κ3) is 3.95. The van der Waals surface area contributed by atoms with E-state index in [0.29, 0.717) is 22.7 Å². The number of aryl methyl sites for hydroxylation is 1. The van der Waals surface area contributed by atoms with Crippen molar-refractivity contribution in [3.05, 3.63) is 83.8 Å². The molecule has 0 radical (unpaired) electrons. The quantitative estimate of drug-likeness (QED) is 0.537. The molecule has 0 fully saturated rings. The van der Waals surface area contributed by atoms with Crippen molar-refractivity contribution in [2.45, 2.75) is 12.7 Å². The molecule has 2 aromatic carbocycles. The fourth-order valence-corrected chi connectivity index (χ4v) is 4.27. The van der Waals surface area contributed by atoms with Crippen LogP contribution in [0.25, 0.3) is 17.0 Å². The van der Waals surface area contributed by atoms with Crippen LogP contribution in [0.5, 0.6) is 0 Å². The third-order valence-electron chi connectivity index (χ3n) is 4.41. The van der Waals surface area contributed by atoms with E-state index in [1.165, 1.54) is 0 Å². The van der Waals surface area contributed by atoms with Crippen LogP contribution in [0.3, 0.4) is 0 Å². The first-order valence-corrected chi connectivity index (χ1v) is 10.3. The lowest BCUT2D eigenvalue weighted by Gasteiger charge is -2.10. The number of rotatable bonds is 5. The average Bonchev–Trinajstić information content (AvgIpc) is 3.01. The van der Waals surface area contributed by atoms with Crippen LogP contribution in [0.4, 0.5) is 14.5 Å². The van der Waals surface area contributed by atoms with Gasteiger partial charge in [-0.2, -0.15) is 0 Å². The lowest BCUT2D eigenvalue weighted by Crippen LogP contribution is -2.16. The Balaban J connectivity index is 1.63. The van der Waals surface area contributed by atoms with Crippen LogP contribution in [-0.4, -0.2) is 22.8 Å². The molecule has 0 aliphatic rings. The maximum absolute atomic E-state index is 13.8. The minimum atomic E-state index is -3.96. The highest BCUT2D eigenvalue weighted by atomic mass is 32.2. The van der Waals surface area contributed by atoms with Crippen LogP contribution in [0.2, 0.25) is 0 Å². The second kappa shape index (κ2) is 7.25. The van der Waals surface area contributed by atoms with Crippen LogP contribution in [0.1, 0.15) is 11.3 Å². The van der Waals surface area contributed by atoms with E-state index in [0.717, 1.165) is 23.9 Å². The smallest absolute Gasteiger partial charge is 0.237 e. The van der Waals surface area contributed by atoms with Crippen LogP contribution in [0, 0.1) is 18.6 Å². The Bertz CT molecular complexity index is 1320. The van der Waals surface area contributed by atoms with Gasteiger partial charge in [0, 0.05) is 34.9 Å². The van der Waals surface area contributed by atoms with E-state index in [1.54, 1.807) is 36.5 Å². The van der Waals surface area contributed by atoms with Crippen molar-refractivity contribution in [1.82, 2.24) is 14.4 Å². The van der Waals surface area contributed by atoms with E-state index in [9.17, 15) is 17.2 Å². The van der Waals surface area contributed by atoms with Gasteiger partial charge < -0.3 is 0 Å². The van der Waals surface area contributed by atoms with Crippen molar-refractivity contribution in [2.75, 3.05) is 4.72 Å². The molecule has 0 bridgehead atoms. The van der Waals surface area contributed by atoms with Gasteiger partial charge in [0.25, 0.3) is 0 Å². The standard InChI is InChI=1S/C20H16F2N4O2S/c1-13-19(24-20-23-8-3-9-26(13)20)14-4-2-5-17(11-14)25-29(27,28)12-15-10-16(21)6-7-18(15)22/h2-11,25H,12H2,1H3. The van der Waals surface area contributed by atoms with Crippen LogP contribution >= 0.6 is 0 Å². The monoisotopic (exact) mass is 414 g/mol. The predicted molar refractivity (Wildman–Crippen MR) is 106 cm³/mol. The summed E-state index contributed by atoms with van der Waals surface area (Å²) in [5.41, 5.74) is 2.28. The zero-order valence-electron chi connectivity index (χ0n) is 15.3. The maximum atomic E-state index is 13.8. The molecule has 0 saturated carbocycles. The first kappa shape index (κ1) is 19.0. The molecule has 2 aromatic heterocycles. The van der Waals surface area contributed by atoms with Crippen molar-refractivity contribution < 1.29 is 17.2 Å². The van der Waals surface area contributed by atoms with Crippen molar-refractivity contribution in [3.8, 4) is 11.3 Å². The van der Waals surface area contributed by atoms with Crippen molar-refractivity contribution in [2.24, 2.45) is 0 Å². The fraction of sp³-hybridized carbons (Fsp3) is 0.100. The van der Waals surface area contributed by atoms with Gasteiger partial charge in [0.2, 0.25) is 15.8 Å². The summed E-state index contributed by atoms with van der Waals surface area (Å²) in [4.78, 5) is 8.70. The molecule has 9 heteroatoms. The molecule has 0 amide bonds. The Morgan fingerprint density at radius 2 is 1.93 bits per heavy atom. The number of sulfonamides is 1. The van der Waals surface area contributed by atoms with Gasteiger partial charge in [0.1, 0.15) is 11.6 Å². The SMILES string of the molecule is Cc1c(-c2cccc(NS(=O)(=O)Cc3cc(F)ccc3F)c2)nc2ncccn12. The Hall–Kier alpha value is -3.33. The zero-order valence-corrected chi connectivity index (χ0v) is 16.1. The highest BCUT2D eigenvalue weighted by molar-refractivity contribution is 7.91. The molecule has 2 heterocycles. The Morgan fingerprint density at radius 3 is 2.72 bits per heavy atom. The predicted octanol–water partition coefficient (Wildman–Crippen LogP) is 3.92. The van der Waals surface area contributed by atoms with E-state index in [1.807, 2.05) is 17.5 Å². The van der Waals surface area contributed by atoms with Crippen LogP contribution in [-0.2, 0) is 15.8 Å². The second-order valence-corrected chi connectivity index (χ2v) is 8.24. The third-order valence-corrected chi connectivity index (χ3v) is 5.64. The molecule has 1 N–H and O–H groups in total. The van der Waals surface area contributed by atoms with Crippen LogP contribution in [0.15, 0.2) is 60.9 Å². The summed E-state index contributed by atoms with van der Waals surface area (Å²) in [6, 6.07) is 11.2. The average molecular weight is 414 g/mol. The zero-order chi connectivity index (χ0) is 20.6. The first-order valence-electron chi connectivity index (χ1n) is 8.67. The van der Waals surface area contributed by atoms with Gasteiger partial charge >= 0.3 is 0 Å². The topological polar surface area (TPSA) is 76.4 Å². The van der Waals surface area contributed by atoms with E-state index in [-0.39, 0.29) is 5.56 Å². The number of nitrogens with one attached hydrogen (secondary N) is 1. The highest BCUT2D eigenvalue weighted by Gasteiger charge is 2.17. The summed E-state index contributed by atoms with van der Waals surface area (Å²) in [6.07, 6.45) is 3.48. The van der Waals surface area contributed by atoms with E-state index in [4.69, 9.17) is 0 Å². The molecule has 6 nitrogen and oxygen atoms in total. The molecule has 148 valence electrons. The summed E-state index contributed by atoms with van der Waals surface area (Å²) in [5.74, 6) is -1.63. The Kier molecular flexibility index (Phi) is 4.75.